The number of β-amino-alcohol motifs (C(OH)–C–C–N with tert-alkyl or cyclic N) is 2. The number of nitrogens with zero attached hydrogens (tertiary/aromatic N) is 1. The number of hydrogen-bond acceptors (Lipinski definition) is 4. The molecule has 2 N–H and O–H groups in total. The molecular formula is C14H19NO3. The van der Waals surface area contributed by atoms with Crippen molar-refractivity contribution in [2.24, 2.45) is 0 Å². The molecule has 1 aromatic rings. The molecule has 0 saturated carbocycles. The zero-order valence-electron chi connectivity index (χ0n) is 10.4. The summed E-state index contributed by atoms with van der Waals surface area (Å²) in [5.74, 6) is 1.02. The molecule has 0 aliphatic carbocycles. The summed E-state index contributed by atoms with van der Waals surface area (Å²) in [6.45, 7) is 2.83. The highest BCUT2D eigenvalue weighted by Crippen LogP contribution is 2.26. The van der Waals surface area contributed by atoms with Crippen LogP contribution in [0, 0.1) is 0 Å². The fourth-order valence-corrected chi connectivity index (χ4v) is 2.71. The Morgan fingerprint density at radius 2 is 2.00 bits per heavy atom. The van der Waals surface area contributed by atoms with Gasteiger partial charge in [0.05, 0.1) is 18.8 Å². The Bertz CT molecular complexity index is 425. The fraction of sp³-hybridized carbons (Fsp3) is 0.571. The van der Waals surface area contributed by atoms with Crippen molar-refractivity contribution in [3.8, 4) is 5.75 Å². The highest BCUT2D eigenvalue weighted by atomic mass is 16.5. The van der Waals surface area contributed by atoms with E-state index in [9.17, 15) is 10.2 Å². The minimum atomic E-state index is -0.585. The number of ether oxygens (including phenoxy) is 1. The van der Waals surface area contributed by atoms with Crippen LogP contribution in [-0.4, -0.2) is 53.6 Å². The van der Waals surface area contributed by atoms with Gasteiger partial charge in [0.1, 0.15) is 5.75 Å². The summed E-state index contributed by atoms with van der Waals surface area (Å²) in [5, 5.41) is 19.0. The van der Waals surface area contributed by atoms with Gasteiger partial charge in [-0.25, -0.2) is 0 Å². The van der Waals surface area contributed by atoms with Crippen LogP contribution in [0.2, 0.25) is 0 Å². The molecule has 1 aromatic carbocycles. The van der Waals surface area contributed by atoms with Crippen molar-refractivity contribution in [3.63, 3.8) is 0 Å². The van der Waals surface area contributed by atoms with Crippen LogP contribution in [0.25, 0.3) is 0 Å². The van der Waals surface area contributed by atoms with Crippen molar-refractivity contribution in [1.82, 2.24) is 4.90 Å². The van der Waals surface area contributed by atoms with Crippen LogP contribution >= 0.6 is 0 Å². The lowest BCUT2D eigenvalue weighted by Crippen LogP contribution is -2.24. The molecule has 18 heavy (non-hydrogen) atoms. The average molecular weight is 249 g/mol. The minimum Gasteiger partial charge on any atom is -0.493 e. The van der Waals surface area contributed by atoms with E-state index >= 15 is 0 Å². The molecule has 0 aromatic heterocycles. The van der Waals surface area contributed by atoms with E-state index < -0.39 is 12.2 Å². The van der Waals surface area contributed by atoms with Crippen LogP contribution in [0.4, 0.5) is 0 Å². The normalized spacial score (nSPS) is 27.2. The van der Waals surface area contributed by atoms with Gasteiger partial charge in [-0.2, -0.15) is 0 Å². The first-order valence-electron chi connectivity index (χ1n) is 6.55. The average Bonchev–Trinajstić information content (AvgIpc) is 2.94. The molecule has 4 heteroatoms. The van der Waals surface area contributed by atoms with Gasteiger partial charge in [0.25, 0.3) is 0 Å². The smallest absolute Gasteiger partial charge is 0.122 e. The van der Waals surface area contributed by atoms with E-state index in [2.05, 4.69) is 17.0 Å². The molecule has 0 bridgehead atoms. The lowest BCUT2D eigenvalue weighted by molar-refractivity contribution is 0.0572. The molecule has 3 rings (SSSR count). The van der Waals surface area contributed by atoms with Crippen LogP contribution in [0.15, 0.2) is 18.2 Å². The largest absolute Gasteiger partial charge is 0.493 e. The van der Waals surface area contributed by atoms with Crippen molar-refractivity contribution in [3.05, 3.63) is 29.3 Å². The monoisotopic (exact) mass is 249 g/mol. The maximum atomic E-state index is 9.48. The number of benzene rings is 1. The fourth-order valence-electron chi connectivity index (χ4n) is 2.71. The van der Waals surface area contributed by atoms with Crippen molar-refractivity contribution in [1.29, 1.82) is 0 Å². The van der Waals surface area contributed by atoms with Crippen LogP contribution in [0.3, 0.4) is 0 Å². The Morgan fingerprint density at radius 1 is 1.22 bits per heavy atom. The molecule has 0 radical (unpaired) electrons. The third kappa shape index (κ3) is 2.36. The van der Waals surface area contributed by atoms with E-state index in [-0.39, 0.29) is 0 Å². The topological polar surface area (TPSA) is 52.9 Å². The molecule has 2 heterocycles. The van der Waals surface area contributed by atoms with Crippen molar-refractivity contribution in [2.45, 2.75) is 25.0 Å². The quantitative estimate of drug-likeness (QED) is 0.803. The first-order valence-corrected chi connectivity index (χ1v) is 6.55. The molecule has 0 amide bonds. The molecule has 4 nitrogen and oxygen atoms in total. The molecule has 0 unspecified atom stereocenters. The summed E-state index contributed by atoms with van der Waals surface area (Å²) in [7, 11) is 0. The van der Waals surface area contributed by atoms with Gasteiger partial charge in [0.2, 0.25) is 0 Å². The molecule has 1 fully saturated rings. The summed E-state index contributed by atoms with van der Waals surface area (Å²) in [5.41, 5.74) is 2.60. The van der Waals surface area contributed by atoms with E-state index in [1.165, 1.54) is 11.1 Å². The van der Waals surface area contributed by atoms with Gasteiger partial charge < -0.3 is 14.9 Å². The van der Waals surface area contributed by atoms with Crippen molar-refractivity contribution in [2.75, 3.05) is 26.2 Å². The zero-order valence-corrected chi connectivity index (χ0v) is 10.4. The molecular weight excluding hydrogens is 230 g/mol. The third-order valence-electron chi connectivity index (χ3n) is 3.81. The maximum absolute atomic E-state index is 9.48. The molecule has 98 valence electrons. The second-order valence-electron chi connectivity index (χ2n) is 5.18. The second-order valence-corrected chi connectivity index (χ2v) is 5.18. The van der Waals surface area contributed by atoms with Crippen LogP contribution in [-0.2, 0) is 12.8 Å². The minimum absolute atomic E-state index is 0.579. The van der Waals surface area contributed by atoms with Gasteiger partial charge in [-0.1, -0.05) is 12.1 Å². The van der Waals surface area contributed by atoms with Gasteiger partial charge in [0.15, 0.2) is 0 Å². The lowest BCUT2D eigenvalue weighted by Gasteiger charge is -2.14. The summed E-state index contributed by atoms with van der Waals surface area (Å²) < 4.78 is 5.48. The van der Waals surface area contributed by atoms with Crippen molar-refractivity contribution >= 4 is 0 Å². The Labute approximate surface area is 107 Å². The first-order chi connectivity index (χ1) is 8.72. The van der Waals surface area contributed by atoms with Gasteiger partial charge in [-0.15, -0.1) is 0 Å². The van der Waals surface area contributed by atoms with E-state index in [0.29, 0.717) is 13.1 Å². The summed E-state index contributed by atoms with van der Waals surface area (Å²) in [4.78, 5) is 2.11. The van der Waals surface area contributed by atoms with Gasteiger partial charge in [-0.3, -0.25) is 4.90 Å². The first kappa shape index (κ1) is 12.0. The summed E-state index contributed by atoms with van der Waals surface area (Å²) in [6, 6.07) is 6.36. The van der Waals surface area contributed by atoms with Crippen LogP contribution in [0.5, 0.6) is 5.75 Å². The predicted octanol–water partition coefficient (Wildman–Crippen LogP) is 0.201. The van der Waals surface area contributed by atoms with Gasteiger partial charge >= 0.3 is 0 Å². The molecule has 0 spiro atoms. The Balaban J connectivity index is 1.57. The summed E-state index contributed by atoms with van der Waals surface area (Å²) >= 11 is 0. The third-order valence-corrected chi connectivity index (χ3v) is 3.81. The number of fused-ring (bicyclic) bond motifs is 1. The van der Waals surface area contributed by atoms with Crippen molar-refractivity contribution < 1.29 is 14.9 Å². The number of likely N-dealkylation sites (tertiary alicyclic amines) is 1. The Morgan fingerprint density at radius 3 is 2.78 bits per heavy atom. The van der Waals surface area contributed by atoms with Crippen LogP contribution in [0.1, 0.15) is 11.1 Å². The number of hydrogen-bond donors (Lipinski definition) is 2. The standard InChI is InChI=1S/C14H19NO3/c16-12-8-15(9-13(12)17)5-3-10-1-2-14-11(7-10)4-6-18-14/h1-2,7,12-13,16-17H,3-6,8-9H2/t12-,13+. The molecule has 1 saturated heterocycles. The lowest BCUT2D eigenvalue weighted by atomic mass is 10.1. The van der Waals surface area contributed by atoms with E-state index in [0.717, 1.165) is 31.7 Å². The molecule has 2 aliphatic heterocycles. The van der Waals surface area contributed by atoms with Gasteiger partial charge in [-0.05, 0) is 23.6 Å². The molecule has 2 aliphatic rings. The van der Waals surface area contributed by atoms with Gasteiger partial charge in [0, 0.05) is 26.1 Å². The molecule has 2 atom stereocenters. The SMILES string of the molecule is O[C@@H]1CN(CCc2ccc3c(c2)CCO3)C[C@@H]1O. The number of aliphatic hydroxyl groups is 2. The van der Waals surface area contributed by atoms with E-state index in [4.69, 9.17) is 4.74 Å². The Hall–Kier alpha value is -1.10. The van der Waals surface area contributed by atoms with Crippen LogP contribution < -0.4 is 4.74 Å². The Kier molecular flexibility index (Phi) is 3.24. The predicted molar refractivity (Wildman–Crippen MR) is 67.8 cm³/mol. The van der Waals surface area contributed by atoms with E-state index in [1.807, 2.05) is 6.07 Å². The summed E-state index contributed by atoms with van der Waals surface area (Å²) in [6.07, 6.45) is 0.786. The zero-order chi connectivity index (χ0) is 12.5. The number of aliphatic hydroxyl groups excluding tert-OH is 2. The highest BCUT2D eigenvalue weighted by Gasteiger charge is 2.28. The highest BCUT2D eigenvalue weighted by molar-refractivity contribution is 5.39. The second kappa shape index (κ2) is 4.88. The van der Waals surface area contributed by atoms with E-state index in [1.54, 1.807) is 0 Å². The maximum Gasteiger partial charge on any atom is 0.122 e. The number of rotatable bonds is 3.